The minimum absolute atomic E-state index is 0.192. The summed E-state index contributed by atoms with van der Waals surface area (Å²) in [4.78, 5) is 24.4. The highest BCUT2D eigenvalue weighted by Crippen LogP contribution is 2.20. The smallest absolute Gasteiger partial charge is 0.343 e. The number of nitrogens with one attached hydrogen (secondary N) is 1. The highest BCUT2D eigenvalue weighted by molar-refractivity contribution is 6.31. The summed E-state index contributed by atoms with van der Waals surface area (Å²) in [5.41, 5.74) is 1.83. The fourth-order valence-electron chi connectivity index (χ4n) is 2.54. The molecule has 1 N–H and O–H groups in total. The van der Waals surface area contributed by atoms with Gasteiger partial charge in [-0.15, -0.1) is 0 Å². The minimum atomic E-state index is -0.464. The van der Waals surface area contributed by atoms with Crippen LogP contribution in [0.4, 0.5) is 0 Å². The van der Waals surface area contributed by atoms with Crippen molar-refractivity contribution in [3.63, 3.8) is 0 Å². The number of benzene rings is 3. The molecule has 0 aromatic heterocycles. The fourth-order valence-corrected chi connectivity index (χ4v) is 2.79. The molecule has 0 fully saturated rings. The topological polar surface area (TPSA) is 55.4 Å². The largest absolute Gasteiger partial charge is 0.423 e. The van der Waals surface area contributed by atoms with Gasteiger partial charge in [0.25, 0.3) is 5.91 Å². The summed E-state index contributed by atoms with van der Waals surface area (Å²) in [7, 11) is 0. The van der Waals surface area contributed by atoms with Gasteiger partial charge in [0.2, 0.25) is 0 Å². The van der Waals surface area contributed by atoms with Crippen molar-refractivity contribution in [2.24, 2.45) is 0 Å². The van der Waals surface area contributed by atoms with E-state index in [1.54, 1.807) is 72.8 Å². The van der Waals surface area contributed by atoms with Crippen LogP contribution in [0.25, 0.3) is 0 Å². The van der Waals surface area contributed by atoms with E-state index >= 15 is 0 Å². The molecule has 28 heavy (non-hydrogen) atoms. The first-order chi connectivity index (χ1) is 13.4. The monoisotopic (exact) mass is 413 g/mol. The Morgan fingerprint density at radius 3 is 1.82 bits per heavy atom. The van der Waals surface area contributed by atoms with E-state index in [1.807, 2.05) is 6.92 Å². The van der Waals surface area contributed by atoms with Gasteiger partial charge in [-0.05, 0) is 73.2 Å². The van der Waals surface area contributed by atoms with Gasteiger partial charge in [0.05, 0.1) is 11.6 Å². The van der Waals surface area contributed by atoms with E-state index in [1.165, 1.54) is 0 Å². The first kappa shape index (κ1) is 19.9. The Bertz CT molecular complexity index is 968. The maximum atomic E-state index is 12.3. The van der Waals surface area contributed by atoms with E-state index in [4.69, 9.17) is 27.9 Å². The first-order valence-electron chi connectivity index (χ1n) is 8.56. The number of halogens is 2. The average Bonchev–Trinajstić information content (AvgIpc) is 2.69. The minimum Gasteiger partial charge on any atom is -0.423 e. The Labute approximate surface area is 173 Å². The summed E-state index contributed by atoms with van der Waals surface area (Å²) in [5.74, 6) is -0.240. The van der Waals surface area contributed by atoms with E-state index < -0.39 is 5.97 Å². The zero-order valence-electron chi connectivity index (χ0n) is 15.0. The maximum absolute atomic E-state index is 12.3. The molecule has 0 spiro atoms. The molecular formula is C22H17Cl2NO3. The molecule has 0 aliphatic rings. The summed E-state index contributed by atoms with van der Waals surface area (Å²) >= 11 is 11.7. The molecule has 4 nitrogen and oxygen atoms in total. The number of ether oxygens (including phenoxy) is 1. The molecule has 3 aromatic rings. The second kappa shape index (κ2) is 8.91. The molecule has 0 saturated carbocycles. The van der Waals surface area contributed by atoms with Crippen LogP contribution in [0.1, 0.15) is 39.2 Å². The SMILES string of the molecule is CC(NC(=O)c1ccc(Cl)cc1)c1ccc(OC(=O)c2ccc(Cl)cc2)cc1. The molecule has 0 heterocycles. The molecule has 1 atom stereocenters. The van der Waals surface area contributed by atoms with Crippen molar-refractivity contribution in [1.82, 2.24) is 5.32 Å². The van der Waals surface area contributed by atoms with E-state index in [9.17, 15) is 9.59 Å². The Kier molecular flexibility index (Phi) is 6.34. The van der Waals surface area contributed by atoms with Crippen LogP contribution in [0.5, 0.6) is 5.75 Å². The van der Waals surface area contributed by atoms with E-state index in [-0.39, 0.29) is 11.9 Å². The predicted octanol–water partition coefficient (Wildman–Crippen LogP) is 5.70. The van der Waals surface area contributed by atoms with Gasteiger partial charge in [-0.1, -0.05) is 35.3 Å². The van der Waals surface area contributed by atoms with Gasteiger partial charge in [0.15, 0.2) is 0 Å². The molecule has 0 bridgehead atoms. The van der Waals surface area contributed by atoms with Gasteiger partial charge in [0, 0.05) is 15.6 Å². The molecular weight excluding hydrogens is 397 g/mol. The predicted molar refractivity (Wildman–Crippen MR) is 110 cm³/mol. The van der Waals surface area contributed by atoms with E-state index in [2.05, 4.69) is 5.32 Å². The number of carbonyl (C=O) groups excluding carboxylic acids is 2. The highest BCUT2D eigenvalue weighted by atomic mass is 35.5. The third kappa shape index (κ3) is 5.12. The van der Waals surface area contributed by atoms with Crippen molar-refractivity contribution in [1.29, 1.82) is 0 Å². The maximum Gasteiger partial charge on any atom is 0.343 e. The number of hydrogen-bond donors (Lipinski definition) is 1. The normalized spacial score (nSPS) is 11.5. The van der Waals surface area contributed by atoms with Crippen LogP contribution in [-0.4, -0.2) is 11.9 Å². The third-order valence-corrected chi connectivity index (χ3v) is 4.63. The molecule has 6 heteroatoms. The quantitative estimate of drug-likeness (QED) is 0.430. The number of hydrogen-bond acceptors (Lipinski definition) is 3. The first-order valence-corrected chi connectivity index (χ1v) is 9.32. The second-order valence-corrected chi connectivity index (χ2v) is 7.04. The van der Waals surface area contributed by atoms with Gasteiger partial charge in [-0.3, -0.25) is 4.79 Å². The summed E-state index contributed by atoms with van der Waals surface area (Å²) in [6, 6.07) is 19.9. The van der Waals surface area contributed by atoms with Crippen LogP contribution >= 0.6 is 23.2 Å². The number of carbonyl (C=O) groups is 2. The van der Waals surface area contributed by atoms with Crippen molar-refractivity contribution in [2.75, 3.05) is 0 Å². The van der Waals surface area contributed by atoms with Crippen LogP contribution in [0.2, 0.25) is 10.0 Å². The molecule has 0 radical (unpaired) electrons. The van der Waals surface area contributed by atoms with Gasteiger partial charge >= 0.3 is 5.97 Å². The van der Waals surface area contributed by atoms with Crippen LogP contribution in [0, 0.1) is 0 Å². The standard InChI is InChI=1S/C22H17Cl2NO3/c1-14(25-21(26)16-2-8-18(23)9-3-16)15-6-12-20(13-7-15)28-22(27)17-4-10-19(24)11-5-17/h2-14H,1H3,(H,25,26). The lowest BCUT2D eigenvalue weighted by molar-refractivity contribution is 0.0734. The zero-order valence-corrected chi connectivity index (χ0v) is 16.5. The van der Waals surface area contributed by atoms with Crippen LogP contribution in [0.15, 0.2) is 72.8 Å². The van der Waals surface area contributed by atoms with Crippen LogP contribution < -0.4 is 10.1 Å². The fraction of sp³-hybridized carbons (Fsp3) is 0.0909. The van der Waals surface area contributed by atoms with Crippen molar-refractivity contribution in [3.8, 4) is 5.75 Å². The summed E-state index contributed by atoms with van der Waals surface area (Å²) < 4.78 is 5.35. The molecule has 142 valence electrons. The van der Waals surface area contributed by atoms with Gasteiger partial charge in [0.1, 0.15) is 5.75 Å². The summed E-state index contributed by atoms with van der Waals surface area (Å²) in [6.45, 7) is 1.88. The molecule has 3 rings (SSSR count). The molecule has 1 amide bonds. The average molecular weight is 414 g/mol. The molecule has 0 aliphatic heterocycles. The van der Waals surface area contributed by atoms with Crippen molar-refractivity contribution < 1.29 is 14.3 Å². The highest BCUT2D eigenvalue weighted by Gasteiger charge is 2.13. The molecule has 0 aliphatic carbocycles. The number of esters is 1. The Morgan fingerprint density at radius 1 is 0.786 bits per heavy atom. The molecule has 0 saturated heterocycles. The van der Waals surface area contributed by atoms with Gasteiger partial charge in [-0.25, -0.2) is 4.79 Å². The van der Waals surface area contributed by atoms with E-state index in [0.717, 1.165) is 5.56 Å². The summed E-state index contributed by atoms with van der Waals surface area (Å²) in [5, 5.41) is 4.05. The lowest BCUT2D eigenvalue weighted by atomic mass is 10.1. The zero-order chi connectivity index (χ0) is 20.1. The number of amides is 1. The van der Waals surface area contributed by atoms with Crippen molar-refractivity contribution in [3.05, 3.63) is 99.5 Å². The Hall–Kier alpha value is -2.82. The Morgan fingerprint density at radius 2 is 1.29 bits per heavy atom. The van der Waals surface area contributed by atoms with E-state index in [0.29, 0.717) is 26.9 Å². The van der Waals surface area contributed by atoms with Gasteiger partial charge < -0.3 is 10.1 Å². The molecule has 1 unspecified atom stereocenters. The lowest BCUT2D eigenvalue weighted by Gasteiger charge is -2.15. The molecule has 3 aromatic carbocycles. The number of rotatable bonds is 5. The Balaban J connectivity index is 1.61. The van der Waals surface area contributed by atoms with Gasteiger partial charge in [-0.2, -0.15) is 0 Å². The van der Waals surface area contributed by atoms with Crippen LogP contribution in [-0.2, 0) is 0 Å². The van der Waals surface area contributed by atoms with Crippen molar-refractivity contribution in [2.45, 2.75) is 13.0 Å². The lowest BCUT2D eigenvalue weighted by Crippen LogP contribution is -2.26. The van der Waals surface area contributed by atoms with Crippen LogP contribution in [0.3, 0.4) is 0 Å². The second-order valence-electron chi connectivity index (χ2n) is 6.17. The summed E-state index contributed by atoms with van der Waals surface area (Å²) in [6.07, 6.45) is 0. The van der Waals surface area contributed by atoms with Crippen molar-refractivity contribution >= 4 is 35.1 Å². The third-order valence-electron chi connectivity index (χ3n) is 4.12.